The van der Waals surface area contributed by atoms with E-state index < -0.39 is 10.0 Å². The van der Waals surface area contributed by atoms with Gasteiger partial charge in [0.25, 0.3) is 0 Å². The quantitative estimate of drug-likeness (QED) is 0.815. The third-order valence-electron chi connectivity index (χ3n) is 4.32. The van der Waals surface area contributed by atoms with Crippen LogP contribution in [0.15, 0.2) is 53.4 Å². The highest BCUT2D eigenvalue weighted by atomic mass is 35.5. The smallest absolute Gasteiger partial charge is 0.243 e. The van der Waals surface area contributed by atoms with Gasteiger partial charge in [-0.15, -0.1) is 12.4 Å². The molecule has 0 unspecified atom stereocenters. The van der Waals surface area contributed by atoms with E-state index in [0.29, 0.717) is 31.1 Å². The number of nitrogens with zero attached hydrogens (tertiary/aromatic N) is 2. The molecule has 0 N–H and O–H groups in total. The Kier molecular flexibility index (Phi) is 6.32. The number of methoxy groups -OCH3 is 1. The SMILES string of the molecule is COc1cccc(N2CCN(S(=O)(=O)c3ccc(C)cc3)CC2)c1.Cl. The Labute approximate surface area is 155 Å². The fraction of sp³-hybridized carbons (Fsp3) is 0.333. The van der Waals surface area contributed by atoms with Gasteiger partial charge >= 0.3 is 0 Å². The fourth-order valence-electron chi connectivity index (χ4n) is 2.85. The van der Waals surface area contributed by atoms with Gasteiger partial charge in [-0.3, -0.25) is 0 Å². The van der Waals surface area contributed by atoms with Crippen LogP contribution in [0.3, 0.4) is 0 Å². The Hall–Kier alpha value is -1.76. The monoisotopic (exact) mass is 382 g/mol. The van der Waals surface area contributed by atoms with Gasteiger partial charge < -0.3 is 9.64 Å². The highest BCUT2D eigenvalue weighted by Gasteiger charge is 2.28. The maximum atomic E-state index is 12.7. The molecule has 0 atom stereocenters. The fourth-order valence-corrected chi connectivity index (χ4v) is 4.28. The van der Waals surface area contributed by atoms with Gasteiger partial charge in [-0.25, -0.2) is 8.42 Å². The van der Waals surface area contributed by atoms with E-state index in [1.807, 2.05) is 43.3 Å². The zero-order chi connectivity index (χ0) is 17.2. The maximum absolute atomic E-state index is 12.7. The van der Waals surface area contributed by atoms with Gasteiger partial charge in [-0.1, -0.05) is 23.8 Å². The average Bonchev–Trinajstić information content (AvgIpc) is 2.62. The standard InChI is InChI=1S/C18H22N2O3S.ClH/c1-15-6-8-18(9-7-15)24(21,22)20-12-10-19(11-13-20)16-4-3-5-17(14-16)23-2;/h3-9,14H,10-13H2,1-2H3;1H. The predicted octanol–water partition coefficient (Wildman–Crippen LogP) is 2.94. The molecule has 136 valence electrons. The van der Waals surface area contributed by atoms with Gasteiger partial charge in [0.1, 0.15) is 5.75 Å². The number of aryl methyl sites for hydroxylation is 1. The molecule has 0 bridgehead atoms. The molecule has 1 fully saturated rings. The molecular weight excluding hydrogens is 360 g/mol. The molecule has 1 saturated heterocycles. The van der Waals surface area contributed by atoms with Crippen molar-refractivity contribution in [3.63, 3.8) is 0 Å². The Morgan fingerprint density at radius 1 is 0.960 bits per heavy atom. The minimum Gasteiger partial charge on any atom is -0.497 e. The minimum atomic E-state index is -3.42. The lowest BCUT2D eigenvalue weighted by Gasteiger charge is -2.35. The first kappa shape index (κ1) is 19.6. The van der Waals surface area contributed by atoms with Crippen molar-refractivity contribution < 1.29 is 13.2 Å². The number of hydrogen-bond acceptors (Lipinski definition) is 4. The number of hydrogen-bond donors (Lipinski definition) is 0. The molecule has 2 aromatic carbocycles. The summed E-state index contributed by atoms with van der Waals surface area (Å²) in [5.74, 6) is 0.808. The van der Waals surface area contributed by atoms with Crippen LogP contribution < -0.4 is 9.64 Å². The van der Waals surface area contributed by atoms with Crippen LogP contribution in [0.1, 0.15) is 5.56 Å². The van der Waals surface area contributed by atoms with Gasteiger partial charge in [-0.2, -0.15) is 4.31 Å². The molecule has 0 amide bonds. The van der Waals surface area contributed by atoms with Crippen LogP contribution in [0.2, 0.25) is 0 Å². The summed E-state index contributed by atoms with van der Waals surface area (Å²) in [5, 5.41) is 0. The Morgan fingerprint density at radius 2 is 1.60 bits per heavy atom. The molecule has 1 aliphatic heterocycles. The molecule has 5 nitrogen and oxygen atoms in total. The molecule has 1 aliphatic rings. The number of ether oxygens (including phenoxy) is 1. The first-order valence-electron chi connectivity index (χ1n) is 7.96. The van der Waals surface area contributed by atoms with Gasteiger partial charge in [0.2, 0.25) is 10.0 Å². The summed E-state index contributed by atoms with van der Waals surface area (Å²) in [6.07, 6.45) is 0. The zero-order valence-corrected chi connectivity index (χ0v) is 16.0. The van der Waals surface area contributed by atoms with Gasteiger partial charge in [0, 0.05) is 37.9 Å². The molecule has 25 heavy (non-hydrogen) atoms. The van der Waals surface area contributed by atoms with Crippen LogP contribution in [0.5, 0.6) is 5.75 Å². The summed E-state index contributed by atoms with van der Waals surface area (Å²) >= 11 is 0. The van der Waals surface area contributed by atoms with E-state index in [1.165, 1.54) is 0 Å². The van der Waals surface area contributed by atoms with Crippen LogP contribution in [0.25, 0.3) is 0 Å². The van der Waals surface area contributed by atoms with Crippen molar-refractivity contribution in [3.05, 3.63) is 54.1 Å². The van der Waals surface area contributed by atoms with E-state index in [0.717, 1.165) is 17.0 Å². The van der Waals surface area contributed by atoms with Crippen LogP contribution >= 0.6 is 12.4 Å². The van der Waals surface area contributed by atoms with Crippen LogP contribution in [-0.4, -0.2) is 46.0 Å². The van der Waals surface area contributed by atoms with Crippen LogP contribution in [-0.2, 0) is 10.0 Å². The molecule has 0 aromatic heterocycles. The van der Waals surface area contributed by atoms with Crippen molar-refractivity contribution in [1.29, 1.82) is 0 Å². The normalized spacial score (nSPS) is 15.5. The molecule has 0 spiro atoms. The van der Waals surface area contributed by atoms with E-state index in [1.54, 1.807) is 23.5 Å². The zero-order valence-electron chi connectivity index (χ0n) is 14.4. The number of benzene rings is 2. The Balaban J connectivity index is 0.00000225. The van der Waals surface area contributed by atoms with E-state index in [4.69, 9.17) is 4.74 Å². The number of rotatable bonds is 4. The minimum absolute atomic E-state index is 0. The third kappa shape index (κ3) is 4.26. The third-order valence-corrected chi connectivity index (χ3v) is 6.23. The van der Waals surface area contributed by atoms with E-state index in [2.05, 4.69) is 4.90 Å². The highest BCUT2D eigenvalue weighted by molar-refractivity contribution is 7.89. The average molecular weight is 383 g/mol. The first-order valence-corrected chi connectivity index (χ1v) is 9.40. The lowest BCUT2D eigenvalue weighted by atomic mass is 10.2. The van der Waals surface area contributed by atoms with Crippen molar-refractivity contribution >= 4 is 28.1 Å². The van der Waals surface area contributed by atoms with E-state index in [9.17, 15) is 8.42 Å². The first-order chi connectivity index (χ1) is 11.5. The highest BCUT2D eigenvalue weighted by Crippen LogP contribution is 2.24. The summed E-state index contributed by atoms with van der Waals surface area (Å²) in [6, 6.07) is 14.9. The molecule has 2 aromatic rings. The summed E-state index contributed by atoms with van der Waals surface area (Å²) in [5.41, 5.74) is 2.11. The molecule has 0 aliphatic carbocycles. The summed E-state index contributed by atoms with van der Waals surface area (Å²) in [4.78, 5) is 2.55. The predicted molar refractivity (Wildman–Crippen MR) is 102 cm³/mol. The second-order valence-electron chi connectivity index (χ2n) is 5.91. The van der Waals surface area contributed by atoms with Crippen molar-refractivity contribution in [2.45, 2.75) is 11.8 Å². The Bertz CT molecular complexity index is 801. The maximum Gasteiger partial charge on any atom is 0.243 e. The van der Waals surface area contributed by atoms with E-state index in [-0.39, 0.29) is 12.4 Å². The molecular formula is C18H23ClN2O3S. The second kappa shape index (κ2) is 8.08. The van der Waals surface area contributed by atoms with Gasteiger partial charge in [0.05, 0.1) is 12.0 Å². The molecule has 0 saturated carbocycles. The molecule has 0 radical (unpaired) electrons. The number of piperazine rings is 1. The molecule has 3 rings (SSSR count). The van der Waals surface area contributed by atoms with Crippen LogP contribution in [0.4, 0.5) is 5.69 Å². The van der Waals surface area contributed by atoms with Crippen molar-refractivity contribution in [2.24, 2.45) is 0 Å². The van der Waals surface area contributed by atoms with Crippen molar-refractivity contribution in [2.75, 3.05) is 38.2 Å². The summed E-state index contributed by atoms with van der Waals surface area (Å²) in [7, 11) is -1.77. The lowest BCUT2D eigenvalue weighted by Crippen LogP contribution is -2.48. The number of anilines is 1. The molecule has 7 heteroatoms. The van der Waals surface area contributed by atoms with Crippen LogP contribution in [0, 0.1) is 6.92 Å². The van der Waals surface area contributed by atoms with Crippen molar-refractivity contribution in [3.8, 4) is 5.75 Å². The largest absolute Gasteiger partial charge is 0.497 e. The topological polar surface area (TPSA) is 49.9 Å². The Morgan fingerprint density at radius 3 is 2.20 bits per heavy atom. The number of halogens is 1. The summed E-state index contributed by atoms with van der Waals surface area (Å²) in [6.45, 7) is 4.24. The van der Waals surface area contributed by atoms with Gasteiger partial charge in [-0.05, 0) is 31.2 Å². The number of sulfonamides is 1. The molecule has 1 heterocycles. The second-order valence-corrected chi connectivity index (χ2v) is 7.84. The summed E-state index contributed by atoms with van der Waals surface area (Å²) < 4.78 is 32.3. The van der Waals surface area contributed by atoms with Gasteiger partial charge in [0.15, 0.2) is 0 Å². The van der Waals surface area contributed by atoms with E-state index >= 15 is 0 Å². The lowest BCUT2D eigenvalue weighted by molar-refractivity contribution is 0.384. The van der Waals surface area contributed by atoms with Crippen molar-refractivity contribution in [1.82, 2.24) is 4.31 Å².